The van der Waals surface area contributed by atoms with Crippen LogP contribution in [-0.2, 0) is 9.59 Å². The maximum atomic E-state index is 12.7. The van der Waals surface area contributed by atoms with Crippen molar-refractivity contribution in [2.45, 2.75) is 32.8 Å². The fourth-order valence-electron chi connectivity index (χ4n) is 3.99. The quantitative estimate of drug-likeness (QED) is 0.619. The molecule has 1 saturated heterocycles. The second-order valence-corrected chi connectivity index (χ2v) is 8.57. The molecule has 4 rings (SSSR count). The Morgan fingerprint density at radius 2 is 1.82 bits per heavy atom. The molecule has 8 nitrogen and oxygen atoms in total. The molecule has 2 amide bonds. The van der Waals surface area contributed by atoms with Gasteiger partial charge in [-0.25, -0.2) is 0 Å². The van der Waals surface area contributed by atoms with E-state index in [0.29, 0.717) is 54.6 Å². The van der Waals surface area contributed by atoms with Crippen LogP contribution in [0.15, 0.2) is 42.5 Å². The Morgan fingerprint density at radius 3 is 2.56 bits per heavy atom. The zero-order chi connectivity index (χ0) is 24.1. The van der Waals surface area contributed by atoms with E-state index in [1.54, 1.807) is 42.4 Å². The summed E-state index contributed by atoms with van der Waals surface area (Å²) in [5.41, 5.74) is 1.52. The highest BCUT2D eigenvalue weighted by molar-refractivity contribution is 5.94. The Balaban J connectivity index is 1.28. The van der Waals surface area contributed by atoms with Gasteiger partial charge in [-0.1, -0.05) is 6.07 Å². The van der Waals surface area contributed by atoms with Gasteiger partial charge < -0.3 is 29.2 Å². The molecule has 2 aromatic carbocycles. The number of likely N-dealkylation sites (tertiary alicyclic amines) is 1. The fraction of sp³-hybridized carbons (Fsp3) is 0.385. The summed E-state index contributed by atoms with van der Waals surface area (Å²) in [4.78, 5) is 27.1. The van der Waals surface area contributed by atoms with Crippen molar-refractivity contribution >= 4 is 23.6 Å². The van der Waals surface area contributed by atoms with Crippen LogP contribution >= 0.6 is 0 Å². The summed E-state index contributed by atoms with van der Waals surface area (Å²) in [6.45, 7) is 5.17. The van der Waals surface area contributed by atoms with Gasteiger partial charge in [-0.3, -0.25) is 9.59 Å². The SMILES string of the molecule is COc1cc(C=CC(=O)N2CCC(C(=O)Nc3ccc4c(c3)OCO4)CC2)ccc1OC(C)C. The summed E-state index contributed by atoms with van der Waals surface area (Å²) in [6.07, 6.45) is 4.60. The van der Waals surface area contributed by atoms with Crippen molar-refractivity contribution in [1.29, 1.82) is 0 Å². The molecule has 0 spiro atoms. The molecule has 0 saturated carbocycles. The van der Waals surface area contributed by atoms with E-state index >= 15 is 0 Å². The van der Waals surface area contributed by atoms with Gasteiger partial charge in [0.1, 0.15) is 0 Å². The van der Waals surface area contributed by atoms with Crippen LogP contribution < -0.4 is 24.3 Å². The molecule has 0 aliphatic carbocycles. The first-order valence-electron chi connectivity index (χ1n) is 11.4. The van der Waals surface area contributed by atoms with Crippen molar-refractivity contribution < 1.29 is 28.5 Å². The zero-order valence-corrected chi connectivity index (χ0v) is 19.7. The van der Waals surface area contributed by atoms with Crippen molar-refractivity contribution in [2.24, 2.45) is 5.92 Å². The predicted molar refractivity (Wildman–Crippen MR) is 128 cm³/mol. The number of hydrogen-bond acceptors (Lipinski definition) is 6. The van der Waals surface area contributed by atoms with E-state index in [1.807, 2.05) is 32.0 Å². The average Bonchev–Trinajstić information content (AvgIpc) is 3.31. The second-order valence-electron chi connectivity index (χ2n) is 8.57. The topological polar surface area (TPSA) is 86.3 Å². The molecule has 2 aliphatic heterocycles. The molecule has 1 N–H and O–H groups in total. The number of nitrogens with zero attached hydrogens (tertiary/aromatic N) is 1. The Morgan fingerprint density at radius 1 is 1.06 bits per heavy atom. The number of hydrogen-bond donors (Lipinski definition) is 1. The van der Waals surface area contributed by atoms with Gasteiger partial charge in [-0.05, 0) is 62.6 Å². The summed E-state index contributed by atoms with van der Waals surface area (Å²) < 4.78 is 21.8. The number of amides is 2. The van der Waals surface area contributed by atoms with Crippen LogP contribution in [0.25, 0.3) is 6.08 Å². The van der Waals surface area contributed by atoms with Gasteiger partial charge in [0, 0.05) is 36.8 Å². The molecule has 0 aromatic heterocycles. The first-order chi connectivity index (χ1) is 16.4. The molecular formula is C26H30N2O6. The average molecular weight is 467 g/mol. The summed E-state index contributed by atoms with van der Waals surface area (Å²) in [5, 5.41) is 2.95. The fourth-order valence-corrected chi connectivity index (χ4v) is 3.99. The molecular weight excluding hydrogens is 436 g/mol. The third kappa shape index (κ3) is 5.62. The standard InChI is InChI=1S/C26H30N2O6/c1-17(2)34-22-7-4-18(14-23(22)31-3)5-9-25(29)28-12-10-19(11-13-28)26(30)27-20-6-8-21-24(15-20)33-16-32-21/h4-9,14-15,17,19H,10-13,16H2,1-3H3,(H,27,30). The van der Waals surface area contributed by atoms with Crippen LogP contribution in [0, 0.1) is 5.92 Å². The number of piperidine rings is 1. The largest absolute Gasteiger partial charge is 0.493 e. The normalized spacial score (nSPS) is 15.6. The van der Waals surface area contributed by atoms with Crippen molar-refractivity contribution in [1.82, 2.24) is 4.90 Å². The number of carbonyl (C=O) groups is 2. The van der Waals surface area contributed by atoms with Crippen molar-refractivity contribution in [3.05, 3.63) is 48.0 Å². The van der Waals surface area contributed by atoms with Crippen LogP contribution in [0.1, 0.15) is 32.3 Å². The Bertz CT molecular complexity index is 1070. The van der Waals surface area contributed by atoms with E-state index in [9.17, 15) is 9.59 Å². The van der Waals surface area contributed by atoms with Crippen LogP contribution in [0.3, 0.4) is 0 Å². The monoisotopic (exact) mass is 466 g/mol. The number of rotatable bonds is 7. The van der Waals surface area contributed by atoms with Gasteiger partial charge in [0.15, 0.2) is 23.0 Å². The lowest BCUT2D eigenvalue weighted by molar-refractivity contribution is -0.130. The molecule has 0 radical (unpaired) electrons. The lowest BCUT2D eigenvalue weighted by atomic mass is 9.95. The minimum absolute atomic E-state index is 0.0406. The molecule has 1 fully saturated rings. The van der Waals surface area contributed by atoms with Crippen LogP contribution in [0.4, 0.5) is 5.69 Å². The predicted octanol–water partition coefficient (Wildman–Crippen LogP) is 4.10. The summed E-state index contributed by atoms with van der Waals surface area (Å²) >= 11 is 0. The smallest absolute Gasteiger partial charge is 0.246 e. The first kappa shape index (κ1) is 23.5. The van der Waals surface area contributed by atoms with Gasteiger partial charge >= 0.3 is 0 Å². The van der Waals surface area contributed by atoms with E-state index in [-0.39, 0.29) is 30.6 Å². The highest BCUT2D eigenvalue weighted by Gasteiger charge is 2.27. The number of fused-ring (bicyclic) bond motifs is 1. The van der Waals surface area contributed by atoms with E-state index in [4.69, 9.17) is 18.9 Å². The molecule has 2 heterocycles. The number of benzene rings is 2. The Hall–Kier alpha value is -3.68. The van der Waals surface area contributed by atoms with Gasteiger partial charge in [-0.2, -0.15) is 0 Å². The highest BCUT2D eigenvalue weighted by atomic mass is 16.7. The summed E-state index contributed by atoms with van der Waals surface area (Å²) in [7, 11) is 1.59. The molecule has 0 atom stereocenters. The Labute approximate surface area is 199 Å². The van der Waals surface area contributed by atoms with Gasteiger partial charge in [0.2, 0.25) is 18.6 Å². The van der Waals surface area contributed by atoms with E-state index in [0.717, 1.165) is 5.56 Å². The number of ether oxygens (including phenoxy) is 4. The third-order valence-corrected chi connectivity index (χ3v) is 5.79. The summed E-state index contributed by atoms with van der Waals surface area (Å²) in [5.74, 6) is 2.34. The lowest BCUT2D eigenvalue weighted by Gasteiger charge is -2.30. The first-order valence-corrected chi connectivity index (χ1v) is 11.4. The van der Waals surface area contributed by atoms with Crippen LogP contribution in [0.5, 0.6) is 23.0 Å². The molecule has 2 aliphatic rings. The van der Waals surface area contributed by atoms with Crippen molar-refractivity contribution in [2.75, 3.05) is 32.3 Å². The molecule has 0 bridgehead atoms. The second kappa shape index (κ2) is 10.5. The van der Waals surface area contributed by atoms with Crippen molar-refractivity contribution in [3.63, 3.8) is 0 Å². The lowest BCUT2D eigenvalue weighted by Crippen LogP contribution is -2.40. The van der Waals surface area contributed by atoms with Gasteiger partial charge in [0.05, 0.1) is 13.2 Å². The number of nitrogens with one attached hydrogen (secondary N) is 1. The van der Waals surface area contributed by atoms with Gasteiger partial charge in [0.25, 0.3) is 0 Å². The van der Waals surface area contributed by atoms with E-state index in [1.165, 1.54) is 0 Å². The molecule has 0 unspecified atom stereocenters. The van der Waals surface area contributed by atoms with Crippen LogP contribution in [0.2, 0.25) is 0 Å². The van der Waals surface area contributed by atoms with Gasteiger partial charge in [-0.15, -0.1) is 0 Å². The highest BCUT2D eigenvalue weighted by Crippen LogP contribution is 2.34. The third-order valence-electron chi connectivity index (χ3n) is 5.79. The molecule has 2 aromatic rings. The number of methoxy groups -OCH3 is 1. The minimum Gasteiger partial charge on any atom is -0.493 e. The number of carbonyl (C=O) groups excluding carboxylic acids is 2. The minimum atomic E-state index is -0.142. The molecule has 180 valence electrons. The molecule has 34 heavy (non-hydrogen) atoms. The van der Waals surface area contributed by atoms with Crippen LogP contribution in [-0.4, -0.2) is 49.8 Å². The number of anilines is 1. The maximum Gasteiger partial charge on any atom is 0.246 e. The summed E-state index contributed by atoms with van der Waals surface area (Å²) in [6, 6.07) is 10.9. The maximum absolute atomic E-state index is 12.7. The van der Waals surface area contributed by atoms with E-state index < -0.39 is 0 Å². The van der Waals surface area contributed by atoms with E-state index in [2.05, 4.69) is 5.32 Å². The Kier molecular flexibility index (Phi) is 7.25. The molecule has 8 heteroatoms. The zero-order valence-electron chi connectivity index (χ0n) is 19.7. The van der Waals surface area contributed by atoms with Crippen molar-refractivity contribution in [3.8, 4) is 23.0 Å².